The Morgan fingerprint density at radius 3 is 2.08 bits per heavy atom. The molecule has 218 valence electrons. The number of nitrogens with one attached hydrogen (secondary N) is 1. The van der Waals surface area contributed by atoms with Crippen LogP contribution in [0.15, 0.2) is 54.6 Å². The molecule has 0 aliphatic rings. The Hall–Kier alpha value is -2.65. The van der Waals surface area contributed by atoms with Gasteiger partial charge < -0.3 is 43.1 Å². The fraction of sp³-hybridized carbons (Fsp3) is 0.533. The van der Waals surface area contributed by atoms with Crippen molar-refractivity contribution in [2.24, 2.45) is 5.92 Å². The lowest BCUT2D eigenvalue weighted by Gasteiger charge is -2.45. The molecule has 0 aliphatic heterocycles. The second-order valence-electron chi connectivity index (χ2n) is 10.8. The first-order chi connectivity index (χ1) is 18.1. The highest BCUT2D eigenvalue weighted by Crippen LogP contribution is 2.25. The van der Waals surface area contributed by atoms with Gasteiger partial charge in [0.25, 0.3) is 5.91 Å². The average molecular weight is 563 g/mol. The van der Waals surface area contributed by atoms with Crippen LogP contribution in [0, 0.1) is 5.92 Å². The number of quaternary nitrogens is 1. The standard InChI is InChI=1S/C30H46N4O4.ClH/c1-5-10-25(29(38)33(17-6-2)27-15-13-26(31)14-16-27)22-34(18-20-35,19-21-36)23-30(3,4)32-28(37)24-11-8-7-9-12-24;/h7-9,11-16,25,35-36H,5-6,10,17-23,31H2,1-4H3;1H. The van der Waals surface area contributed by atoms with Crippen molar-refractivity contribution >= 4 is 23.2 Å². The molecule has 1 atom stereocenters. The maximum Gasteiger partial charge on any atom is 0.251 e. The first-order valence-electron chi connectivity index (χ1n) is 13.7. The van der Waals surface area contributed by atoms with Gasteiger partial charge in [-0.05, 0) is 63.1 Å². The minimum absolute atomic E-state index is 0. The number of carbonyl (C=O) groups excluding carboxylic acids is 2. The van der Waals surface area contributed by atoms with E-state index in [0.717, 1.165) is 18.5 Å². The number of benzene rings is 2. The van der Waals surface area contributed by atoms with Crippen molar-refractivity contribution in [1.82, 2.24) is 5.32 Å². The highest BCUT2D eigenvalue weighted by atomic mass is 35.5. The zero-order valence-electron chi connectivity index (χ0n) is 23.9. The van der Waals surface area contributed by atoms with Crippen LogP contribution in [0.25, 0.3) is 0 Å². The van der Waals surface area contributed by atoms with Gasteiger partial charge in [0.05, 0.1) is 31.2 Å². The largest absolute Gasteiger partial charge is 1.00 e. The molecule has 0 fully saturated rings. The molecule has 0 saturated carbocycles. The van der Waals surface area contributed by atoms with Gasteiger partial charge >= 0.3 is 0 Å². The third-order valence-corrected chi connectivity index (χ3v) is 6.88. The van der Waals surface area contributed by atoms with E-state index in [1.807, 2.05) is 56.0 Å². The number of nitrogens with zero attached hydrogens (tertiary/aromatic N) is 2. The van der Waals surface area contributed by atoms with Gasteiger partial charge in [0.1, 0.15) is 19.6 Å². The van der Waals surface area contributed by atoms with Crippen LogP contribution >= 0.6 is 0 Å². The van der Waals surface area contributed by atoms with Crippen LogP contribution in [0.2, 0.25) is 0 Å². The van der Waals surface area contributed by atoms with Crippen LogP contribution in [-0.2, 0) is 4.79 Å². The smallest absolute Gasteiger partial charge is 0.251 e. The Kier molecular flexibility index (Phi) is 14.5. The summed E-state index contributed by atoms with van der Waals surface area (Å²) in [6.07, 6.45) is 2.31. The quantitative estimate of drug-likeness (QED) is 0.175. The van der Waals surface area contributed by atoms with E-state index in [0.29, 0.717) is 54.9 Å². The van der Waals surface area contributed by atoms with Crippen LogP contribution in [0.3, 0.4) is 0 Å². The molecule has 2 aromatic carbocycles. The molecule has 0 radical (unpaired) electrons. The van der Waals surface area contributed by atoms with E-state index in [2.05, 4.69) is 12.2 Å². The maximum absolute atomic E-state index is 14.0. The molecule has 2 aromatic rings. The molecule has 0 spiro atoms. The number of anilines is 2. The molecule has 39 heavy (non-hydrogen) atoms. The van der Waals surface area contributed by atoms with E-state index < -0.39 is 5.54 Å². The van der Waals surface area contributed by atoms with E-state index in [1.165, 1.54) is 0 Å². The molecule has 1 unspecified atom stereocenters. The van der Waals surface area contributed by atoms with Gasteiger partial charge in [0, 0.05) is 23.5 Å². The Bertz CT molecular complexity index is 996. The Morgan fingerprint density at radius 2 is 1.56 bits per heavy atom. The minimum atomic E-state index is -0.656. The van der Waals surface area contributed by atoms with Crippen LogP contribution in [0.1, 0.15) is 57.3 Å². The van der Waals surface area contributed by atoms with Crippen molar-refractivity contribution in [3.05, 3.63) is 60.2 Å². The van der Waals surface area contributed by atoms with Crippen molar-refractivity contribution in [1.29, 1.82) is 0 Å². The Labute approximate surface area is 240 Å². The number of nitrogen functional groups attached to an aromatic ring is 1. The van der Waals surface area contributed by atoms with Gasteiger partial charge in [-0.25, -0.2) is 0 Å². The van der Waals surface area contributed by atoms with Gasteiger partial charge in [-0.2, -0.15) is 0 Å². The molecule has 2 amide bonds. The number of nitrogens with two attached hydrogens (primary N) is 1. The summed E-state index contributed by atoms with van der Waals surface area (Å²) in [7, 11) is 0. The van der Waals surface area contributed by atoms with Crippen LogP contribution in [0.5, 0.6) is 0 Å². The normalized spacial score (nSPS) is 12.4. The molecule has 5 N–H and O–H groups in total. The summed E-state index contributed by atoms with van der Waals surface area (Å²) in [5.74, 6) is -0.467. The van der Waals surface area contributed by atoms with E-state index in [-0.39, 0.29) is 43.4 Å². The van der Waals surface area contributed by atoms with Gasteiger partial charge in [-0.15, -0.1) is 0 Å². The lowest BCUT2D eigenvalue weighted by Crippen LogP contribution is -3.00. The first-order valence-corrected chi connectivity index (χ1v) is 13.7. The number of amides is 2. The van der Waals surface area contributed by atoms with Crippen molar-refractivity contribution in [2.45, 2.75) is 52.5 Å². The third-order valence-electron chi connectivity index (χ3n) is 6.88. The van der Waals surface area contributed by atoms with Crippen molar-refractivity contribution in [3.63, 3.8) is 0 Å². The second kappa shape index (κ2) is 16.5. The first kappa shape index (κ1) is 34.4. The zero-order valence-corrected chi connectivity index (χ0v) is 24.7. The topological polar surface area (TPSA) is 116 Å². The van der Waals surface area contributed by atoms with Gasteiger partial charge in [0.15, 0.2) is 0 Å². The summed E-state index contributed by atoms with van der Waals surface area (Å²) in [5.41, 5.74) is 7.25. The SMILES string of the molecule is CCCC(C[N+](CCO)(CCO)CC(C)(C)NC(=O)c1ccccc1)C(=O)N(CCC)c1ccc(N)cc1.[Cl-]. The summed E-state index contributed by atoms with van der Waals surface area (Å²) in [6.45, 7) is 10.0. The number of carbonyl (C=O) groups is 2. The second-order valence-corrected chi connectivity index (χ2v) is 10.8. The Morgan fingerprint density at radius 1 is 0.974 bits per heavy atom. The monoisotopic (exact) mass is 562 g/mol. The lowest BCUT2D eigenvalue weighted by molar-refractivity contribution is -0.933. The number of aliphatic hydroxyl groups excluding tert-OH is 2. The molecule has 0 aromatic heterocycles. The summed E-state index contributed by atoms with van der Waals surface area (Å²) in [4.78, 5) is 28.8. The predicted octanol–water partition coefficient (Wildman–Crippen LogP) is 0.442. The van der Waals surface area contributed by atoms with E-state index >= 15 is 0 Å². The van der Waals surface area contributed by atoms with Gasteiger partial charge in [0.2, 0.25) is 5.91 Å². The van der Waals surface area contributed by atoms with Crippen LogP contribution < -0.4 is 28.4 Å². The molecular weight excluding hydrogens is 516 g/mol. The van der Waals surface area contributed by atoms with E-state index in [1.54, 1.807) is 24.3 Å². The maximum atomic E-state index is 14.0. The molecule has 0 saturated heterocycles. The molecule has 0 aliphatic carbocycles. The summed E-state index contributed by atoms with van der Waals surface area (Å²) < 4.78 is 0.313. The molecular formula is C30H47ClN4O4. The van der Waals surface area contributed by atoms with E-state index in [4.69, 9.17) is 5.73 Å². The number of aliphatic hydroxyl groups is 2. The molecule has 8 nitrogen and oxygen atoms in total. The van der Waals surface area contributed by atoms with Crippen molar-refractivity contribution < 1.29 is 36.7 Å². The van der Waals surface area contributed by atoms with Crippen molar-refractivity contribution in [2.75, 3.05) is 56.6 Å². The number of hydrogen-bond acceptors (Lipinski definition) is 5. The predicted molar refractivity (Wildman–Crippen MR) is 154 cm³/mol. The summed E-state index contributed by atoms with van der Waals surface area (Å²) in [5, 5.41) is 23.3. The Balaban J connectivity index is 0.00000760. The van der Waals surface area contributed by atoms with Gasteiger partial charge in [-0.1, -0.05) is 38.5 Å². The van der Waals surface area contributed by atoms with Crippen molar-refractivity contribution in [3.8, 4) is 0 Å². The molecule has 9 heteroatoms. The number of hydrogen-bond donors (Lipinski definition) is 4. The highest BCUT2D eigenvalue weighted by molar-refractivity contribution is 5.95. The molecule has 2 rings (SSSR count). The highest BCUT2D eigenvalue weighted by Gasteiger charge is 2.40. The minimum Gasteiger partial charge on any atom is -1.00 e. The fourth-order valence-corrected chi connectivity index (χ4v) is 5.36. The summed E-state index contributed by atoms with van der Waals surface area (Å²) >= 11 is 0. The number of rotatable bonds is 16. The lowest BCUT2D eigenvalue weighted by atomic mass is 9.95. The molecule has 0 bridgehead atoms. The molecule has 0 heterocycles. The van der Waals surface area contributed by atoms with Crippen LogP contribution in [0.4, 0.5) is 11.4 Å². The third kappa shape index (κ3) is 10.4. The summed E-state index contributed by atoms with van der Waals surface area (Å²) in [6, 6.07) is 16.4. The fourth-order valence-electron chi connectivity index (χ4n) is 5.36. The van der Waals surface area contributed by atoms with Gasteiger partial charge in [-0.3, -0.25) is 9.59 Å². The zero-order chi connectivity index (χ0) is 28.2. The number of halogens is 1. The van der Waals surface area contributed by atoms with E-state index in [9.17, 15) is 19.8 Å². The average Bonchev–Trinajstić information content (AvgIpc) is 2.87. The van der Waals surface area contributed by atoms with Crippen LogP contribution in [-0.4, -0.2) is 78.0 Å².